The molecule has 6 heteroatoms. The van der Waals surface area contributed by atoms with Crippen molar-refractivity contribution in [1.29, 1.82) is 0 Å². The van der Waals surface area contributed by atoms with E-state index in [4.69, 9.17) is 0 Å². The number of benzene rings is 1. The maximum absolute atomic E-state index is 12.0. The molecule has 1 atom stereocenters. The van der Waals surface area contributed by atoms with Crippen LogP contribution >= 0.6 is 0 Å². The van der Waals surface area contributed by atoms with Gasteiger partial charge in [0.2, 0.25) is 5.84 Å². The van der Waals surface area contributed by atoms with Crippen molar-refractivity contribution in [2.24, 2.45) is 9.98 Å². The minimum atomic E-state index is -0.664. The molecule has 0 unspecified atom stereocenters. The lowest BCUT2D eigenvalue weighted by Crippen LogP contribution is -2.43. The number of aliphatic hydroxyl groups is 1. The molecule has 0 aliphatic carbocycles. The molecule has 0 bridgehead atoms. The van der Waals surface area contributed by atoms with Crippen molar-refractivity contribution in [3.8, 4) is 0 Å². The first kappa shape index (κ1) is 18.8. The van der Waals surface area contributed by atoms with Gasteiger partial charge < -0.3 is 10.4 Å². The smallest absolute Gasteiger partial charge is 0.289 e. The Labute approximate surface area is 148 Å². The number of fused-ring (bicyclic) bond motifs is 1. The van der Waals surface area contributed by atoms with Gasteiger partial charge in [-0.1, -0.05) is 43.5 Å². The van der Waals surface area contributed by atoms with Crippen LogP contribution in [0.15, 0.2) is 59.7 Å². The number of nitrogens with one attached hydrogen (secondary N) is 1. The number of hydrogen-bond donors (Lipinski definition) is 2. The third-order valence-corrected chi connectivity index (χ3v) is 3.90. The van der Waals surface area contributed by atoms with Gasteiger partial charge in [0.15, 0.2) is 0 Å². The Morgan fingerprint density at radius 1 is 1.36 bits per heavy atom. The molecule has 0 aromatic heterocycles. The quantitative estimate of drug-likeness (QED) is 0.606. The molecule has 0 fully saturated rings. The molecule has 0 saturated heterocycles. The number of amides is 1. The van der Waals surface area contributed by atoms with Gasteiger partial charge >= 0.3 is 0 Å². The molecule has 132 valence electrons. The van der Waals surface area contributed by atoms with E-state index in [1.165, 1.54) is 29.6 Å². The van der Waals surface area contributed by atoms with Crippen LogP contribution in [-0.2, 0) is 17.8 Å². The van der Waals surface area contributed by atoms with E-state index in [2.05, 4.69) is 51.6 Å². The fraction of sp³-hybridized carbons (Fsp3) is 0.316. The van der Waals surface area contributed by atoms with Gasteiger partial charge in [-0.25, -0.2) is 9.98 Å². The zero-order valence-corrected chi connectivity index (χ0v) is 14.3. The van der Waals surface area contributed by atoms with Crippen molar-refractivity contribution < 1.29 is 9.90 Å². The Morgan fingerprint density at radius 2 is 2.12 bits per heavy atom. The maximum Gasteiger partial charge on any atom is 0.289 e. The standard InChI is InChI=1S/C19H24N4O2/c1-3-10-21-18(20-4-2)19(25)22-12-17(24)14-23-11-9-15-7-5-6-8-16(15)13-23/h3-8,10,17,24H,1-2,9,11-14H2,(H,22,25)/b20-18-,21-10-/t17-/m1/s1. The summed E-state index contributed by atoms with van der Waals surface area (Å²) >= 11 is 0. The number of rotatable bonds is 6. The molecule has 1 aromatic carbocycles. The van der Waals surface area contributed by atoms with Crippen LogP contribution < -0.4 is 5.32 Å². The zero-order chi connectivity index (χ0) is 18.1. The van der Waals surface area contributed by atoms with Gasteiger partial charge in [0.1, 0.15) is 0 Å². The molecule has 25 heavy (non-hydrogen) atoms. The minimum Gasteiger partial charge on any atom is -0.390 e. The summed E-state index contributed by atoms with van der Waals surface area (Å²) in [6.07, 6.45) is 4.39. The largest absolute Gasteiger partial charge is 0.390 e. The molecular formula is C19H24N4O2. The van der Waals surface area contributed by atoms with Crippen molar-refractivity contribution in [1.82, 2.24) is 10.2 Å². The Bertz CT molecular complexity index is 682. The third-order valence-electron chi connectivity index (χ3n) is 3.90. The van der Waals surface area contributed by atoms with E-state index in [0.29, 0.717) is 6.54 Å². The summed E-state index contributed by atoms with van der Waals surface area (Å²) < 4.78 is 0. The normalized spacial score (nSPS) is 16.3. The van der Waals surface area contributed by atoms with Crippen molar-refractivity contribution in [3.05, 3.63) is 60.8 Å². The van der Waals surface area contributed by atoms with Crippen LogP contribution in [0.5, 0.6) is 0 Å². The third kappa shape index (κ3) is 5.77. The predicted molar refractivity (Wildman–Crippen MR) is 101 cm³/mol. The molecule has 6 nitrogen and oxygen atoms in total. The average Bonchev–Trinajstić information content (AvgIpc) is 2.63. The number of hydrogen-bond acceptors (Lipinski definition) is 4. The van der Waals surface area contributed by atoms with Crippen LogP contribution in [0.2, 0.25) is 0 Å². The monoisotopic (exact) mass is 340 g/mol. The van der Waals surface area contributed by atoms with Gasteiger partial charge in [0.25, 0.3) is 5.91 Å². The fourth-order valence-corrected chi connectivity index (χ4v) is 2.72. The van der Waals surface area contributed by atoms with Crippen LogP contribution in [0.1, 0.15) is 11.1 Å². The van der Waals surface area contributed by atoms with E-state index in [9.17, 15) is 9.90 Å². The fourth-order valence-electron chi connectivity index (χ4n) is 2.72. The number of nitrogens with zero attached hydrogens (tertiary/aromatic N) is 3. The molecule has 1 aromatic rings. The van der Waals surface area contributed by atoms with E-state index < -0.39 is 12.0 Å². The highest BCUT2D eigenvalue weighted by atomic mass is 16.3. The number of carbonyl (C=O) groups excluding carboxylic acids is 1. The average molecular weight is 340 g/mol. The number of allylic oxidation sites excluding steroid dienone is 1. The molecule has 0 saturated carbocycles. The van der Waals surface area contributed by atoms with Crippen LogP contribution in [0.4, 0.5) is 0 Å². The molecule has 1 aliphatic rings. The van der Waals surface area contributed by atoms with E-state index >= 15 is 0 Å². The summed E-state index contributed by atoms with van der Waals surface area (Å²) in [5, 5.41) is 12.9. The van der Waals surface area contributed by atoms with Gasteiger partial charge in [-0.15, -0.1) is 0 Å². The van der Waals surface area contributed by atoms with Crippen molar-refractivity contribution in [2.75, 3.05) is 19.6 Å². The Hall–Kier alpha value is -2.57. The van der Waals surface area contributed by atoms with Gasteiger partial charge in [0.05, 0.1) is 6.10 Å². The van der Waals surface area contributed by atoms with Crippen LogP contribution in [0.3, 0.4) is 0 Å². The van der Waals surface area contributed by atoms with E-state index in [1.807, 2.05) is 6.07 Å². The second kappa shape index (κ2) is 9.66. The summed E-state index contributed by atoms with van der Waals surface area (Å²) in [7, 11) is 0. The Morgan fingerprint density at radius 3 is 2.84 bits per heavy atom. The second-order valence-electron chi connectivity index (χ2n) is 5.77. The van der Waals surface area contributed by atoms with Crippen molar-refractivity contribution in [3.63, 3.8) is 0 Å². The van der Waals surface area contributed by atoms with E-state index in [1.54, 1.807) is 0 Å². The molecule has 1 amide bonds. The van der Waals surface area contributed by atoms with E-state index in [-0.39, 0.29) is 12.4 Å². The lowest BCUT2D eigenvalue weighted by molar-refractivity contribution is -0.115. The summed E-state index contributed by atoms with van der Waals surface area (Å²) in [5.41, 5.74) is 2.66. The Kier molecular flexibility index (Phi) is 7.25. The summed E-state index contributed by atoms with van der Waals surface area (Å²) in [4.78, 5) is 21.9. The summed E-state index contributed by atoms with van der Waals surface area (Å²) in [5.74, 6) is -0.477. The topological polar surface area (TPSA) is 77.3 Å². The summed E-state index contributed by atoms with van der Waals surface area (Å²) in [6, 6.07) is 8.35. The highest BCUT2D eigenvalue weighted by molar-refractivity contribution is 6.39. The van der Waals surface area contributed by atoms with Crippen molar-refractivity contribution >= 4 is 18.0 Å². The maximum atomic E-state index is 12.0. The van der Waals surface area contributed by atoms with Crippen molar-refractivity contribution in [2.45, 2.75) is 19.1 Å². The first-order valence-corrected chi connectivity index (χ1v) is 8.23. The van der Waals surface area contributed by atoms with E-state index in [0.717, 1.165) is 19.5 Å². The minimum absolute atomic E-state index is 0.0194. The molecule has 0 radical (unpaired) electrons. The van der Waals surface area contributed by atoms with Gasteiger partial charge in [-0.2, -0.15) is 0 Å². The van der Waals surface area contributed by atoms with Crippen LogP contribution in [0.25, 0.3) is 0 Å². The lowest BCUT2D eigenvalue weighted by atomic mass is 10.00. The van der Waals surface area contributed by atoms with Gasteiger partial charge in [-0.3, -0.25) is 9.69 Å². The SMILES string of the molecule is C=C/C=N\C(=N/C=C)C(=O)NC[C@@H](O)CN1CCc2ccccc2C1. The number of aliphatic hydroxyl groups excluding tert-OH is 1. The molecular weight excluding hydrogens is 316 g/mol. The van der Waals surface area contributed by atoms with Gasteiger partial charge in [-0.05, 0) is 17.5 Å². The Balaban J connectivity index is 1.82. The first-order chi connectivity index (χ1) is 12.1. The van der Waals surface area contributed by atoms with Crippen LogP contribution in [-0.4, -0.2) is 53.7 Å². The molecule has 2 N–H and O–H groups in total. The molecule has 2 rings (SSSR count). The first-order valence-electron chi connectivity index (χ1n) is 8.23. The zero-order valence-electron chi connectivity index (χ0n) is 14.3. The number of carbonyl (C=O) groups is 1. The van der Waals surface area contributed by atoms with Crippen LogP contribution in [0, 0.1) is 0 Å². The highest BCUT2D eigenvalue weighted by Crippen LogP contribution is 2.18. The number of aliphatic imine (C=N–C) groups is 2. The number of amidine groups is 1. The molecule has 1 aliphatic heterocycles. The highest BCUT2D eigenvalue weighted by Gasteiger charge is 2.19. The predicted octanol–water partition coefficient (Wildman–Crippen LogP) is 1.32. The number of β-amino-alcohol motifs (C(OH)–C–C–N with tert-alkyl or cyclic N) is 1. The second-order valence-corrected chi connectivity index (χ2v) is 5.77. The lowest BCUT2D eigenvalue weighted by Gasteiger charge is -2.30. The summed E-state index contributed by atoms with van der Waals surface area (Å²) in [6.45, 7) is 9.30. The molecule has 1 heterocycles. The van der Waals surface area contributed by atoms with Gasteiger partial charge in [0, 0.05) is 38.6 Å². The molecule has 0 spiro atoms.